The van der Waals surface area contributed by atoms with E-state index in [1.165, 1.54) is 6.08 Å². The van der Waals surface area contributed by atoms with Crippen LogP contribution in [0.25, 0.3) is 17.0 Å². The summed E-state index contributed by atoms with van der Waals surface area (Å²) >= 11 is 5.63. The van der Waals surface area contributed by atoms with Crippen LogP contribution in [0.5, 0.6) is 0 Å². The van der Waals surface area contributed by atoms with E-state index < -0.39 is 5.63 Å². The number of benzene rings is 1. The topological polar surface area (TPSA) is 50.5 Å². The molecule has 0 spiro atoms. The molecule has 1 aromatic carbocycles. The Labute approximate surface area is 127 Å². The lowest BCUT2D eigenvalue weighted by molar-refractivity contribution is -0.104. The Kier molecular flexibility index (Phi) is 4.81. The minimum absolute atomic E-state index is 0.0404. The van der Waals surface area contributed by atoms with Crippen LogP contribution in [0.3, 0.4) is 0 Å². The van der Waals surface area contributed by atoms with Gasteiger partial charge in [-0.05, 0) is 38.1 Å². The molecule has 21 heavy (non-hydrogen) atoms. The van der Waals surface area contributed by atoms with E-state index in [1.807, 2.05) is 18.2 Å². The Morgan fingerprint density at radius 3 is 2.62 bits per heavy atom. The van der Waals surface area contributed by atoms with Crippen molar-refractivity contribution in [1.29, 1.82) is 0 Å². The van der Waals surface area contributed by atoms with Gasteiger partial charge in [-0.1, -0.05) is 11.6 Å². The molecule has 0 aliphatic rings. The molecule has 0 radical (unpaired) electrons. The Balaban J connectivity index is 2.54. The van der Waals surface area contributed by atoms with E-state index >= 15 is 0 Å². The van der Waals surface area contributed by atoms with E-state index in [0.29, 0.717) is 11.9 Å². The summed E-state index contributed by atoms with van der Waals surface area (Å²) in [5.74, 6) is 0. The average molecular weight is 306 g/mol. The molecule has 4 nitrogen and oxygen atoms in total. The Morgan fingerprint density at radius 1 is 1.29 bits per heavy atom. The van der Waals surface area contributed by atoms with Crippen molar-refractivity contribution in [2.75, 3.05) is 18.0 Å². The van der Waals surface area contributed by atoms with Gasteiger partial charge in [-0.2, -0.15) is 0 Å². The number of hydrogen-bond acceptors (Lipinski definition) is 4. The summed E-state index contributed by atoms with van der Waals surface area (Å²) in [5.41, 5.74) is 1.27. The SMILES string of the molecule is CCN(CC)c1ccc2cc(C=C(Cl)C=O)c(=O)oc2c1. The van der Waals surface area contributed by atoms with Crippen molar-refractivity contribution < 1.29 is 9.21 Å². The van der Waals surface area contributed by atoms with Crippen LogP contribution in [-0.2, 0) is 4.79 Å². The summed E-state index contributed by atoms with van der Waals surface area (Å²) in [7, 11) is 0. The number of carbonyl (C=O) groups excluding carboxylic acids is 1. The maximum absolute atomic E-state index is 11.9. The highest BCUT2D eigenvalue weighted by Crippen LogP contribution is 2.22. The number of hydrogen-bond donors (Lipinski definition) is 0. The zero-order valence-corrected chi connectivity index (χ0v) is 12.7. The smallest absolute Gasteiger partial charge is 0.343 e. The molecule has 0 bridgehead atoms. The standard InChI is InChI=1S/C16H16ClNO3/c1-3-18(4-2)14-6-5-11-7-12(8-13(17)10-19)16(20)21-15(11)9-14/h5-10H,3-4H2,1-2H3. The minimum Gasteiger partial charge on any atom is -0.422 e. The largest absolute Gasteiger partial charge is 0.422 e. The van der Waals surface area contributed by atoms with Crippen LogP contribution in [-0.4, -0.2) is 19.4 Å². The zero-order valence-electron chi connectivity index (χ0n) is 11.9. The van der Waals surface area contributed by atoms with Gasteiger partial charge in [0.2, 0.25) is 0 Å². The molecule has 1 aromatic heterocycles. The van der Waals surface area contributed by atoms with Crippen LogP contribution in [0.1, 0.15) is 19.4 Å². The third-order valence-corrected chi connectivity index (χ3v) is 3.48. The van der Waals surface area contributed by atoms with Crippen LogP contribution in [0.4, 0.5) is 5.69 Å². The molecule has 0 atom stereocenters. The minimum atomic E-state index is -0.515. The van der Waals surface area contributed by atoms with Crippen molar-refractivity contribution in [2.24, 2.45) is 0 Å². The number of aldehydes is 1. The molecule has 0 aliphatic carbocycles. The summed E-state index contributed by atoms with van der Waals surface area (Å²) in [5, 5.41) is 0.744. The summed E-state index contributed by atoms with van der Waals surface area (Å²) in [6, 6.07) is 7.37. The maximum atomic E-state index is 11.9. The first-order valence-corrected chi connectivity index (χ1v) is 7.12. The highest BCUT2D eigenvalue weighted by molar-refractivity contribution is 6.40. The van der Waals surface area contributed by atoms with Gasteiger partial charge in [0.15, 0.2) is 6.29 Å². The lowest BCUT2D eigenvalue weighted by atomic mass is 10.1. The van der Waals surface area contributed by atoms with Crippen LogP contribution in [0.15, 0.2) is 38.5 Å². The molecule has 0 aliphatic heterocycles. The van der Waals surface area contributed by atoms with E-state index in [9.17, 15) is 9.59 Å². The van der Waals surface area contributed by atoms with Gasteiger partial charge in [0, 0.05) is 30.2 Å². The quantitative estimate of drug-likeness (QED) is 0.482. The fourth-order valence-electron chi connectivity index (χ4n) is 2.18. The molecule has 2 aromatic rings. The van der Waals surface area contributed by atoms with Crippen LogP contribution in [0, 0.1) is 0 Å². The maximum Gasteiger partial charge on any atom is 0.343 e. The van der Waals surface area contributed by atoms with E-state index in [-0.39, 0.29) is 10.6 Å². The first-order valence-electron chi connectivity index (χ1n) is 6.74. The summed E-state index contributed by atoms with van der Waals surface area (Å²) in [6.07, 6.45) is 1.78. The highest BCUT2D eigenvalue weighted by atomic mass is 35.5. The fraction of sp³-hybridized carbons (Fsp3) is 0.250. The third-order valence-electron chi connectivity index (χ3n) is 3.28. The summed E-state index contributed by atoms with van der Waals surface area (Å²) in [6.45, 7) is 5.89. The molecule has 0 unspecified atom stereocenters. The predicted octanol–water partition coefficient (Wildman–Crippen LogP) is 3.42. The van der Waals surface area contributed by atoms with Gasteiger partial charge >= 0.3 is 5.63 Å². The van der Waals surface area contributed by atoms with Crippen LogP contribution < -0.4 is 10.5 Å². The Bertz CT molecular complexity index is 745. The van der Waals surface area contributed by atoms with Crippen molar-refractivity contribution >= 4 is 40.6 Å². The molecule has 5 heteroatoms. The predicted molar refractivity (Wildman–Crippen MR) is 85.9 cm³/mol. The molecule has 110 valence electrons. The normalized spacial score (nSPS) is 11.7. The molecular weight excluding hydrogens is 290 g/mol. The van der Waals surface area contributed by atoms with Crippen LogP contribution >= 0.6 is 11.6 Å². The number of rotatable bonds is 5. The lowest BCUT2D eigenvalue weighted by Gasteiger charge is -2.20. The molecule has 0 saturated heterocycles. The molecule has 2 rings (SSSR count). The molecule has 0 N–H and O–H groups in total. The average Bonchev–Trinajstić information content (AvgIpc) is 2.49. The van der Waals surface area contributed by atoms with E-state index in [4.69, 9.17) is 16.0 Å². The number of carbonyl (C=O) groups is 1. The first kappa shape index (κ1) is 15.3. The molecule has 0 fully saturated rings. The zero-order chi connectivity index (χ0) is 15.4. The number of allylic oxidation sites excluding steroid dienone is 1. The van der Waals surface area contributed by atoms with Crippen molar-refractivity contribution in [1.82, 2.24) is 0 Å². The molecule has 0 amide bonds. The molecular formula is C16H16ClNO3. The van der Waals surface area contributed by atoms with Gasteiger partial charge in [0.1, 0.15) is 5.58 Å². The van der Waals surface area contributed by atoms with Gasteiger partial charge in [0.05, 0.1) is 10.6 Å². The lowest BCUT2D eigenvalue weighted by Crippen LogP contribution is -2.21. The third kappa shape index (κ3) is 3.34. The summed E-state index contributed by atoms with van der Waals surface area (Å²) in [4.78, 5) is 24.6. The molecule has 1 heterocycles. The van der Waals surface area contributed by atoms with Crippen molar-refractivity contribution in [3.8, 4) is 0 Å². The number of halogens is 1. The van der Waals surface area contributed by atoms with Gasteiger partial charge in [-0.25, -0.2) is 4.79 Å². The number of anilines is 1. The molecule has 0 saturated carbocycles. The second-order valence-electron chi connectivity index (χ2n) is 4.53. The second-order valence-corrected chi connectivity index (χ2v) is 4.97. The van der Waals surface area contributed by atoms with E-state index in [0.717, 1.165) is 24.2 Å². The number of nitrogens with zero attached hydrogens (tertiary/aromatic N) is 1. The van der Waals surface area contributed by atoms with Crippen LogP contribution in [0.2, 0.25) is 0 Å². The fourth-order valence-corrected chi connectivity index (χ4v) is 2.30. The monoisotopic (exact) mass is 305 g/mol. The Morgan fingerprint density at radius 2 is 2.00 bits per heavy atom. The van der Waals surface area contributed by atoms with Crippen molar-refractivity contribution in [3.63, 3.8) is 0 Å². The second kappa shape index (κ2) is 6.59. The van der Waals surface area contributed by atoms with Gasteiger partial charge in [0.25, 0.3) is 0 Å². The summed E-state index contributed by atoms with van der Waals surface area (Å²) < 4.78 is 5.32. The number of fused-ring (bicyclic) bond motifs is 1. The highest BCUT2D eigenvalue weighted by Gasteiger charge is 2.07. The van der Waals surface area contributed by atoms with Gasteiger partial charge in [-0.15, -0.1) is 0 Å². The van der Waals surface area contributed by atoms with Crippen molar-refractivity contribution in [3.05, 3.63) is 45.3 Å². The van der Waals surface area contributed by atoms with Gasteiger partial charge < -0.3 is 9.32 Å². The van der Waals surface area contributed by atoms with E-state index in [1.54, 1.807) is 6.07 Å². The first-order chi connectivity index (χ1) is 10.1. The van der Waals surface area contributed by atoms with Crippen molar-refractivity contribution in [2.45, 2.75) is 13.8 Å². The van der Waals surface area contributed by atoms with Gasteiger partial charge in [-0.3, -0.25) is 4.79 Å². The Hall–Kier alpha value is -2.07. The van der Waals surface area contributed by atoms with E-state index in [2.05, 4.69) is 18.7 Å².